The Morgan fingerprint density at radius 2 is 1.00 bits per heavy atom. The number of hydrogen-bond donors (Lipinski definition) is 2. The number of phosphoric acid groups is 1. The van der Waals surface area contributed by atoms with Gasteiger partial charge in [-0.2, -0.15) is 0 Å². The van der Waals surface area contributed by atoms with E-state index in [1.54, 1.807) is 0 Å². The van der Waals surface area contributed by atoms with E-state index in [4.69, 9.17) is 24.3 Å². The third-order valence-electron chi connectivity index (χ3n) is 8.47. The summed E-state index contributed by atoms with van der Waals surface area (Å²) >= 11 is 0. The number of unbranched alkanes of at least 4 members (excludes halogenated alkanes) is 10. The van der Waals surface area contributed by atoms with Crippen molar-refractivity contribution < 1.29 is 37.6 Å². The fourth-order valence-electron chi connectivity index (χ4n) is 5.29. The van der Waals surface area contributed by atoms with E-state index >= 15 is 0 Å². The summed E-state index contributed by atoms with van der Waals surface area (Å²) in [6.45, 7) is 3.46. The van der Waals surface area contributed by atoms with Gasteiger partial charge in [0, 0.05) is 19.4 Å². The number of ether oxygens (including phenoxy) is 2. The molecule has 0 amide bonds. The van der Waals surface area contributed by atoms with Gasteiger partial charge in [-0.15, -0.1) is 0 Å². The van der Waals surface area contributed by atoms with Crippen LogP contribution in [0.25, 0.3) is 0 Å². The smallest absolute Gasteiger partial charge is 0.462 e. The Hall–Kier alpha value is -3.07. The van der Waals surface area contributed by atoms with Gasteiger partial charge in [0.05, 0.1) is 13.2 Å². The predicted molar refractivity (Wildman–Crippen MR) is 238 cm³/mol. The van der Waals surface area contributed by atoms with Crippen molar-refractivity contribution in [2.75, 3.05) is 26.4 Å². The van der Waals surface area contributed by atoms with Crippen molar-refractivity contribution >= 4 is 19.8 Å². The largest absolute Gasteiger partial charge is 0.472 e. The number of carbonyl (C=O) groups excluding carboxylic acids is 2. The molecule has 9 nitrogen and oxygen atoms in total. The number of carbonyl (C=O) groups is 2. The Balaban J connectivity index is 4.36. The Labute approximate surface area is 346 Å². The normalized spacial score (nSPS) is 14.2. The van der Waals surface area contributed by atoms with Crippen molar-refractivity contribution in [1.29, 1.82) is 0 Å². The second kappa shape index (κ2) is 42.5. The molecule has 57 heavy (non-hydrogen) atoms. The number of phosphoric ester groups is 1. The third kappa shape index (κ3) is 42.4. The fraction of sp³-hybridized carbons (Fsp3) is 0.617. The zero-order valence-electron chi connectivity index (χ0n) is 35.5. The van der Waals surface area contributed by atoms with Crippen LogP contribution in [0.3, 0.4) is 0 Å². The van der Waals surface area contributed by atoms with Gasteiger partial charge in [0.2, 0.25) is 0 Å². The number of hydrogen-bond acceptors (Lipinski definition) is 8. The summed E-state index contributed by atoms with van der Waals surface area (Å²) in [7, 11) is -4.41. The van der Waals surface area contributed by atoms with E-state index in [2.05, 4.69) is 92.8 Å². The molecule has 0 saturated carbocycles. The molecule has 0 aromatic rings. The lowest BCUT2D eigenvalue weighted by molar-refractivity contribution is -0.161. The molecule has 0 heterocycles. The molecule has 0 aliphatic carbocycles. The molecule has 0 bridgehead atoms. The first kappa shape index (κ1) is 53.9. The highest BCUT2D eigenvalue weighted by Gasteiger charge is 2.25. The highest BCUT2D eigenvalue weighted by molar-refractivity contribution is 7.47. The molecule has 0 rings (SSSR count). The van der Waals surface area contributed by atoms with Crippen molar-refractivity contribution in [3.05, 3.63) is 97.2 Å². The SMILES string of the molecule is CC/C=C/C/C=C/C/C=C/C/C=C/C/C=C/C/C=C/CCC(=O)OC[C@H](COP(=O)(O)OCCN)OC(=O)CCC/C=C/C/C=C/CCCCCCCCCCC. The summed E-state index contributed by atoms with van der Waals surface area (Å²) in [6.07, 6.45) is 54.6. The van der Waals surface area contributed by atoms with Gasteiger partial charge in [-0.3, -0.25) is 18.6 Å². The average Bonchev–Trinajstić information content (AvgIpc) is 3.20. The molecule has 0 radical (unpaired) electrons. The highest BCUT2D eigenvalue weighted by atomic mass is 31.2. The number of allylic oxidation sites excluding steroid dienone is 16. The van der Waals surface area contributed by atoms with Crippen LogP contribution >= 0.6 is 7.82 Å². The quantitative estimate of drug-likeness (QED) is 0.0269. The minimum atomic E-state index is -4.41. The lowest BCUT2D eigenvalue weighted by Gasteiger charge is -2.19. The van der Waals surface area contributed by atoms with Crippen LogP contribution in [0, 0.1) is 0 Å². The van der Waals surface area contributed by atoms with Crippen LogP contribution in [0.15, 0.2) is 97.2 Å². The molecule has 0 fully saturated rings. The average molecular weight is 816 g/mol. The first-order valence-electron chi connectivity index (χ1n) is 21.7. The molecule has 0 spiro atoms. The summed E-state index contributed by atoms with van der Waals surface area (Å²) in [4.78, 5) is 34.8. The van der Waals surface area contributed by atoms with E-state index in [0.29, 0.717) is 19.3 Å². The van der Waals surface area contributed by atoms with Crippen LogP contribution in [-0.2, 0) is 32.7 Å². The molecule has 0 aromatic carbocycles. The van der Waals surface area contributed by atoms with Gasteiger partial charge in [-0.25, -0.2) is 4.57 Å². The lowest BCUT2D eigenvalue weighted by Crippen LogP contribution is -2.29. The lowest BCUT2D eigenvalue weighted by atomic mass is 10.1. The number of rotatable bonds is 39. The second-order valence-corrected chi connectivity index (χ2v) is 15.3. The minimum absolute atomic E-state index is 0.0325. The molecular formula is C47H78NO8P. The van der Waals surface area contributed by atoms with E-state index < -0.39 is 32.5 Å². The summed E-state index contributed by atoms with van der Waals surface area (Å²) in [6, 6.07) is 0. The standard InChI is InChI=1S/C47H78NO8P/c1-3-5-7-9-11-13-15-17-19-21-22-24-25-27-29-31-33-35-37-39-46(49)53-43-45(44-55-57(51,52)54-42-41-48)56-47(50)40-38-36-34-32-30-28-26-23-20-18-16-14-12-10-8-6-4-2/h5,7,11,13,17,19,22,24,26-29,32-35,45H,3-4,6,8-10,12,14-16,18,20-21,23,25,30-31,36-44,48H2,1-2H3,(H,51,52)/b7-5+,13-11+,19-17+,24-22+,28-26+,29-27+,34-32+,35-33+/t45-/m1/s1. The summed E-state index contributed by atoms with van der Waals surface area (Å²) < 4.78 is 32.6. The number of nitrogens with two attached hydrogens (primary N) is 1. The van der Waals surface area contributed by atoms with Crippen molar-refractivity contribution in [3.63, 3.8) is 0 Å². The minimum Gasteiger partial charge on any atom is -0.462 e. The Morgan fingerprint density at radius 1 is 0.544 bits per heavy atom. The van der Waals surface area contributed by atoms with E-state index in [0.717, 1.165) is 51.4 Å². The molecule has 0 aliphatic heterocycles. The van der Waals surface area contributed by atoms with Gasteiger partial charge in [0.25, 0.3) is 0 Å². The molecule has 324 valence electrons. The first-order valence-corrected chi connectivity index (χ1v) is 23.2. The topological polar surface area (TPSA) is 134 Å². The van der Waals surface area contributed by atoms with Crippen molar-refractivity contribution in [3.8, 4) is 0 Å². The first-order chi connectivity index (χ1) is 27.8. The predicted octanol–water partition coefficient (Wildman–Crippen LogP) is 12.6. The third-order valence-corrected chi connectivity index (χ3v) is 9.45. The summed E-state index contributed by atoms with van der Waals surface area (Å²) in [5.74, 6) is -0.989. The van der Waals surface area contributed by atoms with E-state index in [1.807, 2.05) is 18.2 Å². The van der Waals surface area contributed by atoms with Gasteiger partial charge >= 0.3 is 19.8 Å². The van der Waals surface area contributed by atoms with Crippen LogP contribution in [-0.4, -0.2) is 49.3 Å². The fourth-order valence-corrected chi connectivity index (χ4v) is 6.05. The maximum absolute atomic E-state index is 12.6. The highest BCUT2D eigenvalue weighted by Crippen LogP contribution is 2.43. The van der Waals surface area contributed by atoms with Gasteiger partial charge < -0.3 is 20.1 Å². The van der Waals surface area contributed by atoms with Crippen LogP contribution in [0.2, 0.25) is 0 Å². The molecule has 0 aliphatic rings. The molecule has 0 aromatic heterocycles. The van der Waals surface area contributed by atoms with Crippen molar-refractivity contribution in [2.45, 2.75) is 161 Å². The molecule has 0 saturated heterocycles. The molecule has 2 atom stereocenters. The molecule has 10 heteroatoms. The summed E-state index contributed by atoms with van der Waals surface area (Å²) in [5.41, 5.74) is 5.34. The van der Waals surface area contributed by atoms with E-state index in [9.17, 15) is 19.0 Å². The Morgan fingerprint density at radius 3 is 1.51 bits per heavy atom. The maximum Gasteiger partial charge on any atom is 0.472 e. The van der Waals surface area contributed by atoms with Gasteiger partial charge in [0.15, 0.2) is 6.10 Å². The zero-order chi connectivity index (χ0) is 41.8. The molecule has 1 unspecified atom stereocenters. The maximum atomic E-state index is 12.6. The van der Waals surface area contributed by atoms with Crippen LogP contribution in [0.1, 0.15) is 155 Å². The van der Waals surface area contributed by atoms with Crippen molar-refractivity contribution in [1.82, 2.24) is 0 Å². The van der Waals surface area contributed by atoms with Crippen LogP contribution < -0.4 is 5.73 Å². The monoisotopic (exact) mass is 816 g/mol. The van der Waals surface area contributed by atoms with E-state index in [-0.39, 0.29) is 32.6 Å². The molecule has 3 N–H and O–H groups in total. The van der Waals surface area contributed by atoms with Crippen LogP contribution in [0.5, 0.6) is 0 Å². The van der Waals surface area contributed by atoms with Gasteiger partial charge in [-0.05, 0) is 77.0 Å². The van der Waals surface area contributed by atoms with Gasteiger partial charge in [0.1, 0.15) is 6.61 Å². The van der Waals surface area contributed by atoms with E-state index in [1.165, 1.54) is 57.8 Å². The second-order valence-electron chi connectivity index (χ2n) is 13.8. The van der Waals surface area contributed by atoms with Crippen molar-refractivity contribution in [2.24, 2.45) is 5.73 Å². The van der Waals surface area contributed by atoms with Gasteiger partial charge in [-0.1, -0.05) is 162 Å². The Bertz CT molecular complexity index is 1250. The van der Waals surface area contributed by atoms with Crippen LogP contribution in [0.4, 0.5) is 0 Å². The Kier molecular flexibility index (Phi) is 40.2. The zero-order valence-corrected chi connectivity index (χ0v) is 36.4. The number of esters is 2. The molecular weight excluding hydrogens is 737 g/mol. The summed E-state index contributed by atoms with van der Waals surface area (Å²) in [5, 5.41) is 0.